The molecular weight excluding hydrogens is 394 g/mol. The summed E-state index contributed by atoms with van der Waals surface area (Å²) in [5.41, 5.74) is 2.91. The number of nitrogens with zero attached hydrogens (tertiary/aromatic N) is 2. The van der Waals surface area contributed by atoms with E-state index in [-0.39, 0.29) is 17.0 Å². The first kappa shape index (κ1) is 20.0. The third-order valence-electron chi connectivity index (χ3n) is 5.10. The van der Waals surface area contributed by atoms with Crippen molar-refractivity contribution >= 4 is 34.4 Å². The number of carbonyl (C=O) groups is 2. The van der Waals surface area contributed by atoms with Gasteiger partial charge in [-0.1, -0.05) is 37.3 Å². The molecule has 3 aromatic rings. The predicted molar refractivity (Wildman–Crippen MR) is 118 cm³/mol. The minimum atomic E-state index is -0.509. The zero-order valence-electron chi connectivity index (χ0n) is 16.7. The minimum Gasteiger partial charge on any atom is -0.350 e. The third-order valence-corrected chi connectivity index (χ3v) is 5.10. The van der Waals surface area contributed by atoms with E-state index in [1.807, 2.05) is 24.3 Å². The van der Waals surface area contributed by atoms with Gasteiger partial charge in [0.15, 0.2) is 0 Å². The molecule has 0 bridgehead atoms. The molecule has 1 N–H and O–H groups in total. The number of anilines is 2. The van der Waals surface area contributed by atoms with Crippen LogP contribution in [-0.2, 0) is 16.0 Å². The molecule has 4 rings (SSSR count). The summed E-state index contributed by atoms with van der Waals surface area (Å²) in [7, 11) is 0. The van der Waals surface area contributed by atoms with E-state index in [4.69, 9.17) is 0 Å². The maximum Gasteiger partial charge on any atom is 0.282 e. The fourth-order valence-corrected chi connectivity index (χ4v) is 3.44. The second kappa shape index (κ2) is 8.23. The first-order valence-electron chi connectivity index (χ1n) is 9.78. The van der Waals surface area contributed by atoms with E-state index in [0.717, 1.165) is 16.9 Å². The summed E-state index contributed by atoms with van der Waals surface area (Å²) < 4.78 is 0. The topological polar surface area (TPSA) is 92.6 Å². The molecule has 7 nitrogen and oxygen atoms in total. The van der Waals surface area contributed by atoms with Crippen molar-refractivity contribution in [2.75, 3.05) is 10.2 Å². The number of nitro groups is 1. The summed E-state index contributed by atoms with van der Waals surface area (Å²) in [6.07, 6.45) is 0.885. The summed E-state index contributed by atoms with van der Waals surface area (Å²) >= 11 is 0. The molecule has 31 heavy (non-hydrogen) atoms. The maximum absolute atomic E-state index is 13.3. The van der Waals surface area contributed by atoms with Gasteiger partial charge in [0.25, 0.3) is 17.5 Å². The van der Waals surface area contributed by atoms with Gasteiger partial charge in [-0.05, 0) is 53.9 Å². The summed E-state index contributed by atoms with van der Waals surface area (Å²) in [6.45, 7) is 2.05. The number of hydrogen-bond acceptors (Lipinski definition) is 5. The van der Waals surface area contributed by atoms with Crippen LogP contribution in [0.3, 0.4) is 0 Å². The number of hydrogen-bond donors (Lipinski definition) is 1. The van der Waals surface area contributed by atoms with Crippen molar-refractivity contribution in [1.82, 2.24) is 0 Å². The zero-order valence-corrected chi connectivity index (χ0v) is 16.7. The monoisotopic (exact) mass is 413 g/mol. The van der Waals surface area contributed by atoms with E-state index in [0.29, 0.717) is 16.9 Å². The summed E-state index contributed by atoms with van der Waals surface area (Å²) in [5.74, 6) is -0.971. The third kappa shape index (κ3) is 3.81. The molecule has 1 aliphatic heterocycles. The lowest BCUT2D eigenvalue weighted by Crippen LogP contribution is -2.32. The number of rotatable bonds is 6. The largest absolute Gasteiger partial charge is 0.350 e. The number of nitro benzene ring substituents is 1. The Kier molecular flexibility index (Phi) is 5.32. The lowest BCUT2D eigenvalue weighted by molar-refractivity contribution is -0.384. The number of benzene rings is 3. The van der Waals surface area contributed by atoms with Crippen molar-refractivity contribution < 1.29 is 14.5 Å². The molecule has 0 radical (unpaired) electrons. The molecule has 0 fully saturated rings. The lowest BCUT2D eigenvalue weighted by atomic mass is 10.0. The Bertz CT molecular complexity index is 1180. The number of amides is 2. The molecule has 1 aliphatic rings. The Morgan fingerprint density at radius 2 is 1.52 bits per heavy atom. The molecule has 0 saturated carbocycles. The first-order chi connectivity index (χ1) is 15.0. The molecule has 3 aromatic carbocycles. The summed E-state index contributed by atoms with van der Waals surface area (Å²) in [6, 6.07) is 21.9. The standard InChI is InChI=1S/C24H19N3O4/c1-2-16-8-12-18(13-9-16)25-22-21(17-10-14-20(15-11-17)27(30)31)23(28)26(24(22)29)19-6-4-3-5-7-19/h3-15,25H,2H2,1H3. The Balaban J connectivity index is 1.79. The maximum atomic E-state index is 13.3. The van der Waals surface area contributed by atoms with Crippen LogP contribution in [0.1, 0.15) is 18.1 Å². The van der Waals surface area contributed by atoms with E-state index in [1.54, 1.807) is 30.3 Å². The molecule has 0 spiro atoms. The SMILES string of the molecule is CCc1ccc(NC2=C(c3ccc([N+](=O)[O-])cc3)C(=O)N(c3ccccc3)C2=O)cc1. The number of carbonyl (C=O) groups excluding carboxylic acids is 2. The number of aryl methyl sites for hydroxylation is 1. The van der Waals surface area contributed by atoms with E-state index in [9.17, 15) is 19.7 Å². The highest BCUT2D eigenvalue weighted by atomic mass is 16.6. The van der Waals surface area contributed by atoms with Crippen LogP contribution in [0.2, 0.25) is 0 Å². The molecule has 0 unspecified atom stereocenters. The average molecular weight is 413 g/mol. The molecule has 7 heteroatoms. The summed E-state index contributed by atoms with van der Waals surface area (Å²) in [4.78, 5) is 38.2. The Morgan fingerprint density at radius 1 is 0.871 bits per heavy atom. The van der Waals surface area contributed by atoms with Gasteiger partial charge in [-0.2, -0.15) is 0 Å². The van der Waals surface area contributed by atoms with Crippen LogP contribution >= 0.6 is 0 Å². The van der Waals surface area contributed by atoms with Gasteiger partial charge in [-0.15, -0.1) is 0 Å². The quantitative estimate of drug-likeness (QED) is 0.363. The minimum absolute atomic E-state index is 0.0919. The van der Waals surface area contributed by atoms with Gasteiger partial charge in [-0.25, -0.2) is 4.90 Å². The van der Waals surface area contributed by atoms with Crippen molar-refractivity contribution in [2.45, 2.75) is 13.3 Å². The second-order valence-corrected chi connectivity index (χ2v) is 7.01. The number of imide groups is 1. The number of nitrogens with one attached hydrogen (secondary N) is 1. The fraction of sp³-hybridized carbons (Fsp3) is 0.0833. The van der Waals surface area contributed by atoms with E-state index >= 15 is 0 Å². The van der Waals surface area contributed by atoms with Crippen LogP contribution in [0.15, 0.2) is 84.6 Å². The smallest absolute Gasteiger partial charge is 0.282 e. The van der Waals surface area contributed by atoms with Crippen LogP contribution in [0.4, 0.5) is 17.1 Å². The Morgan fingerprint density at radius 3 is 2.10 bits per heavy atom. The van der Waals surface area contributed by atoms with E-state index in [1.165, 1.54) is 24.3 Å². The van der Waals surface area contributed by atoms with Gasteiger partial charge >= 0.3 is 0 Å². The molecule has 154 valence electrons. The van der Waals surface area contributed by atoms with Crippen molar-refractivity contribution in [3.8, 4) is 0 Å². The first-order valence-corrected chi connectivity index (χ1v) is 9.78. The van der Waals surface area contributed by atoms with Gasteiger partial charge in [0, 0.05) is 17.8 Å². The molecular formula is C24H19N3O4. The average Bonchev–Trinajstić information content (AvgIpc) is 3.04. The number of non-ortho nitro benzene ring substituents is 1. The van der Waals surface area contributed by atoms with Crippen LogP contribution in [0, 0.1) is 10.1 Å². The summed E-state index contributed by atoms with van der Waals surface area (Å²) in [5, 5.41) is 14.1. The predicted octanol–water partition coefficient (Wildman–Crippen LogP) is 4.55. The van der Waals surface area contributed by atoms with Crippen LogP contribution in [-0.4, -0.2) is 16.7 Å². The van der Waals surface area contributed by atoms with E-state index < -0.39 is 16.7 Å². The Hall–Kier alpha value is -4.26. The van der Waals surface area contributed by atoms with Crippen molar-refractivity contribution in [3.05, 3.63) is 106 Å². The van der Waals surface area contributed by atoms with Gasteiger partial charge in [0.1, 0.15) is 5.70 Å². The van der Waals surface area contributed by atoms with Gasteiger partial charge < -0.3 is 5.32 Å². The van der Waals surface area contributed by atoms with Crippen LogP contribution in [0.5, 0.6) is 0 Å². The zero-order chi connectivity index (χ0) is 22.0. The van der Waals surface area contributed by atoms with Gasteiger partial charge in [0.2, 0.25) is 0 Å². The molecule has 1 heterocycles. The van der Waals surface area contributed by atoms with E-state index in [2.05, 4.69) is 12.2 Å². The molecule has 0 aliphatic carbocycles. The van der Waals surface area contributed by atoms with Crippen LogP contribution < -0.4 is 10.2 Å². The molecule has 0 saturated heterocycles. The molecule has 0 atom stereocenters. The number of para-hydroxylation sites is 1. The normalized spacial score (nSPS) is 13.6. The van der Waals surface area contributed by atoms with Crippen molar-refractivity contribution in [1.29, 1.82) is 0 Å². The highest BCUT2D eigenvalue weighted by molar-refractivity contribution is 6.46. The lowest BCUT2D eigenvalue weighted by Gasteiger charge is -2.15. The van der Waals surface area contributed by atoms with Crippen molar-refractivity contribution in [3.63, 3.8) is 0 Å². The van der Waals surface area contributed by atoms with Gasteiger partial charge in [-0.3, -0.25) is 19.7 Å². The molecule has 2 amide bonds. The Labute approximate surface area is 178 Å². The second-order valence-electron chi connectivity index (χ2n) is 7.01. The highest BCUT2D eigenvalue weighted by Crippen LogP contribution is 2.34. The van der Waals surface area contributed by atoms with Crippen LogP contribution in [0.25, 0.3) is 5.57 Å². The van der Waals surface area contributed by atoms with Crippen molar-refractivity contribution in [2.24, 2.45) is 0 Å². The molecule has 0 aromatic heterocycles. The highest BCUT2D eigenvalue weighted by Gasteiger charge is 2.40. The fourth-order valence-electron chi connectivity index (χ4n) is 3.44. The van der Waals surface area contributed by atoms with Gasteiger partial charge in [0.05, 0.1) is 16.2 Å².